The van der Waals surface area contributed by atoms with Crippen LogP contribution in [0.15, 0.2) is 30.3 Å². The van der Waals surface area contributed by atoms with Gasteiger partial charge in [-0.25, -0.2) is 4.98 Å². The lowest BCUT2D eigenvalue weighted by Crippen LogP contribution is -2.20. The Hall–Kier alpha value is -2.32. The van der Waals surface area contributed by atoms with Crippen molar-refractivity contribution < 1.29 is 17.9 Å². The SMILES string of the molecule is Cc1cc(NCC2CCCO2)n2nc(C(F)(F)F)c(-c3ccc(Cl)cc3)c2n1. The van der Waals surface area contributed by atoms with Crippen molar-refractivity contribution in [2.75, 3.05) is 18.5 Å². The van der Waals surface area contributed by atoms with E-state index in [0.29, 0.717) is 35.2 Å². The Kier molecular flexibility index (Phi) is 4.93. The van der Waals surface area contributed by atoms with E-state index in [9.17, 15) is 13.2 Å². The van der Waals surface area contributed by atoms with E-state index in [1.165, 1.54) is 16.6 Å². The first-order valence-corrected chi connectivity index (χ1v) is 9.30. The molecule has 1 unspecified atom stereocenters. The standard InChI is InChI=1S/C19H18ClF3N4O/c1-11-9-15(24-10-14-3-2-8-28-14)27-18(25-11)16(17(26-27)19(21,22)23)12-4-6-13(20)7-5-12/h4-7,9,14,24H,2-3,8,10H2,1H3. The zero-order valence-corrected chi connectivity index (χ0v) is 15.8. The summed E-state index contributed by atoms with van der Waals surface area (Å²) in [5, 5.41) is 7.47. The smallest absolute Gasteiger partial charge is 0.376 e. The van der Waals surface area contributed by atoms with Crippen molar-refractivity contribution in [3.05, 3.63) is 46.7 Å². The molecule has 9 heteroatoms. The maximum absolute atomic E-state index is 13.7. The number of rotatable bonds is 4. The fraction of sp³-hybridized carbons (Fsp3) is 0.368. The fourth-order valence-corrected chi connectivity index (χ4v) is 3.50. The normalized spacial score (nSPS) is 17.4. The monoisotopic (exact) mass is 410 g/mol. The van der Waals surface area contributed by atoms with Gasteiger partial charge in [0.2, 0.25) is 0 Å². The van der Waals surface area contributed by atoms with Gasteiger partial charge >= 0.3 is 6.18 Å². The van der Waals surface area contributed by atoms with Gasteiger partial charge in [-0.1, -0.05) is 23.7 Å². The number of hydrogen-bond donors (Lipinski definition) is 1. The molecular weight excluding hydrogens is 393 g/mol. The van der Waals surface area contributed by atoms with Gasteiger partial charge in [0.1, 0.15) is 5.82 Å². The van der Waals surface area contributed by atoms with E-state index < -0.39 is 11.9 Å². The van der Waals surface area contributed by atoms with Crippen molar-refractivity contribution in [3.8, 4) is 11.1 Å². The van der Waals surface area contributed by atoms with E-state index in [1.807, 2.05) is 0 Å². The minimum Gasteiger partial charge on any atom is -0.376 e. The van der Waals surface area contributed by atoms with Crippen LogP contribution in [0, 0.1) is 6.92 Å². The zero-order valence-electron chi connectivity index (χ0n) is 15.1. The molecule has 5 nitrogen and oxygen atoms in total. The maximum Gasteiger partial charge on any atom is 0.435 e. The van der Waals surface area contributed by atoms with Crippen LogP contribution < -0.4 is 5.32 Å². The van der Waals surface area contributed by atoms with Gasteiger partial charge in [-0.2, -0.15) is 22.8 Å². The molecule has 3 heterocycles. The highest BCUT2D eigenvalue weighted by Gasteiger charge is 2.39. The van der Waals surface area contributed by atoms with Gasteiger partial charge in [0.15, 0.2) is 11.3 Å². The number of ether oxygens (including phenoxy) is 1. The number of nitrogens with zero attached hydrogens (tertiary/aromatic N) is 3. The van der Waals surface area contributed by atoms with Crippen molar-refractivity contribution in [1.29, 1.82) is 0 Å². The van der Waals surface area contributed by atoms with E-state index in [2.05, 4.69) is 15.4 Å². The topological polar surface area (TPSA) is 51.5 Å². The minimum atomic E-state index is -4.62. The fourth-order valence-electron chi connectivity index (χ4n) is 3.37. The Morgan fingerprint density at radius 2 is 2.04 bits per heavy atom. The molecule has 3 aromatic rings. The first-order valence-electron chi connectivity index (χ1n) is 8.92. The number of aromatic nitrogens is 3. The van der Waals surface area contributed by atoms with Crippen LogP contribution in [0.4, 0.5) is 19.0 Å². The van der Waals surface area contributed by atoms with Crippen molar-refractivity contribution in [2.45, 2.75) is 32.0 Å². The molecule has 1 aromatic carbocycles. The molecule has 0 aliphatic carbocycles. The lowest BCUT2D eigenvalue weighted by molar-refractivity contribution is -0.140. The number of halogens is 4. The molecule has 0 radical (unpaired) electrons. The molecular formula is C19H18ClF3N4O. The first kappa shape index (κ1) is 19.0. The summed E-state index contributed by atoms with van der Waals surface area (Å²) in [6.07, 6.45) is -2.68. The summed E-state index contributed by atoms with van der Waals surface area (Å²) in [5.74, 6) is 0.448. The van der Waals surface area contributed by atoms with Gasteiger partial charge in [-0.3, -0.25) is 0 Å². The molecule has 1 aliphatic heterocycles. The van der Waals surface area contributed by atoms with E-state index in [1.54, 1.807) is 25.1 Å². The van der Waals surface area contributed by atoms with E-state index in [4.69, 9.17) is 16.3 Å². The first-order chi connectivity index (χ1) is 13.3. The summed E-state index contributed by atoms with van der Waals surface area (Å²) in [5.41, 5.74) is 0.0479. The summed E-state index contributed by atoms with van der Waals surface area (Å²) in [7, 11) is 0. The molecule has 1 atom stereocenters. The second-order valence-corrected chi connectivity index (χ2v) is 7.20. The zero-order chi connectivity index (χ0) is 19.9. The molecule has 148 valence electrons. The molecule has 4 rings (SSSR count). The second kappa shape index (κ2) is 7.25. The van der Waals surface area contributed by atoms with Gasteiger partial charge < -0.3 is 10.1 Å². The van der Waals surface area contributed by atoms with Gasteiger partial charge in [0, 0.05) is 29.9 Å². The quantitative estimate of drug-likeness (QED) is 0.660. The maximum atomic E-state index is 13.7. The number of fused-ring (bicyclic) bond motifs is 1. The van der Waals surface area contributed by atoms with Crippen molar-refractivity contribution in [3.63, 3.8) is 0 Å². The molecule has 28 heavy (non-hydrogen) atoms. The Balaban J connectivity index is 1.85. The summed E-state index contributed by atoms with van der Waals surface area (Å²) in [4.78, 5) is 4.35. The van der Waals surface area contributed by atoms with Crippen LogP contribution in [-0.4, -0.2) is 33.9 Å². The molecule has 1 aliphatic rings. The summed E-state index contributed by atoms with van der Waals surface area (Å²) in [6, 6.07) is 7.86. The Bertz CT molecular complexity index is 995. The van der Waals surface area contributed by atoms with Crippen molar-refractivity contribution in [2.24, 2.45) is 0 Å². The van der Waals surface area contributed by atoms with Gasteiger partial charge in [0.25, 0.3) is 0 Å². The molecule has 0 amide bonds. The average molecular weight is 411 g/mol. The van der Waals surface area contributed by atoms with Crippen LogP contribution in [0.5, 0.6) is 0 Å². The second-order valence-electron chi connectivity index (χ2n) is 6.76. The number of alkyl halides is 3. The van der Waals surface area contributed by atoms with Crippen LogP contribution in [0.2, 0.25) is 5.02 Å². The van der Waals surface area contributed by atoms with Gasteiger partial charge in [-0.05, 0) is 37.5 Å². The molecule has 1 N–H and O–H groups in total. The van der Waals surface area contributed by atoms with Crippen LogP contribution in [-0.2, 0) is 10.9 Å². The van der Waals surface area contributed by atoms with Crippen molar-refractivity contribution in [1.82, 2.24) is 14.6 Å². The van der Waals surface area contributed by atoms with Crippen LogP contribution in [0.3, 0.4) is 0 Å². The number of benzene rings is 1. The molecule has 2 aromatic heterocycles. The van der Waals surface area contributed by atoms with E-state index in [0.717, 1.165) is 12.8 Å². The van der Waals surface area contributed by atoms with Gasteiger partial charge in [-0.15, -0.1) is 0 Å². The lowest BCUT2D eigenvalue weighted by atomic mass is 10.1. The highest BCUT2D eigenvalue weighted by Crippen LogP contribution is 2.39. The van der Waals surface area contributed by atoms with Crippen LogP contribution >= 0.6 is 11.6 Å². The Morgan fingerprint density at radius 3 is 2.68 bits per heavy atom. The third kappa shape index (κ3) is 3.66. The lowest BCUT2D eigenvalue weighted by Gasteiger charge is -2.13. The van der Waals surface area contributed by atoms with Crippen LogP contribution in [0.1, 0.15) is 24.2 Å². The van der Waals surface area contributed by atoms with Crippen molar-refractivity contribution >= 4 is 23.1 Å². The third-order valence-corrected chi connectivity index (χ3v) is 4.91. The molecule has 1 saturated heterocycles. The number of aryl methyl sites for hydroxylation is 1. The van der Waals surface area contributed by atoms with E-state index >= 15 is 0 Å². The third-order valence-electron chi connectivity index (χ3n) is 4.65. The number of nitrogens with one attached hydrogen (secondary N) is 1. The van der Waals surface area contributed by atoms with Crippen LogP contribution in [0.25, 0.3) is 16.8 Å². The number of anilines is 1. The summed E-state index contributed by atoms with van der Waals surface area (Å²) >= 11 is 5.89. The highest BCUT2D eigenvalue weighted by atomic mass is 35.5. The predicted molar refractivity (Wildman–Crippen MR) is 101 cm³/mol. The molecule has 0 spiro atoms. The molecule has 0 saturated carbocycles. The minimum absolute atomic E-state index is 0.0388. The summed E-state index contributed by atoms with van der Waals surface area (Å²) < 4.78 is 48.0. The summed E-state index contributed by atoms with van der Waals surface area (Å²) in [6.45, 7) is 2.94. The van der Waals surface area contributed by atoms with E-state index in [-0.39, 0.29) is 17.3 Å². The van der Waals surface area contributed by atoms with Gasteiger partial charge in [0.05, 0.1) is 11.7 Å². The average Bonchev–Trinajstić information content (AvgIpc) is 3.27. The predicted octanol–water partition coefficient (Wildman–Crippen LogP) is 4.97. The Morgan fingerprint density at radius 1 is 1.29 bits per heavy atom. The number of hydrogen-bond acceptors (Lipinski definition) is 4. The largest absolute Gasteiger partial charge is 0.435 e. The molecule has 0 bridgehead atoms. The Labute approximate surface area is 164 Å². The highest BCUT2D eigenvalue weighted by molar-refractivity contribution is 6.30. The molecule has 1 fully saturated rings.